The van der Waals surface area contributed by atoms with E-state index in [1.165, 1.54) is 11.3 Å². The van der Waals surface area contributed by atoms with Gasteiger partial charge in [0, 0.05) is 5.56 Å². The van der Waals surface area contributed by atoms with E-state index in [9.17, 15) is 4.79 Å². The van der Waals surface area contributed by atoms with Crippen LogP contribution in [0.25, 0.3) is 0 Å². The van der Waals surface area contributed by atoms with Gasteiger partial charge >= 0.3 is 0 Å². The molecule has 1 heterocycles. The highest BCUT2D eigenvalue weighted by molar-refractivity contribution is 7.15. The van der Waals surface area contributed by atoms with Gasteiger partial charge in [-0.05, 0) is 31.2 Å². The lowest BCUT2D eigenvalue weighted by molar-refractivity contribution is 0.102. The molecule has 6 heteroatoms. The fraction of sp³-hybridized carbons (Fsp3) is 0.154. The Balaban J connectivity index is 2.01. The minimum absolute atomic E-state index is 0.204. The predicted molar refractivity (Wildman–Crippen MR) is 73.4 cm³/mol. The smallest absolute Gasteiger partial charge is 0.257 e. The van der Waals surface area contributed by atoms with Crippen molar-refractivity contribution in [2.75, 3.05) is 11.9 Å². The first-order valence-corrected chi connectivity index (χ1v) is 6.28. The Morgan fingerprint density at radius 1 is 1.42 bits per heavy atom. The van der Waals surface area contributed by atoms with Crippen molar-refractivity contribution in [2.45, 2.75) is 6.92 Å². The molecular formula is C13H11N3O2S. The fourth-order valence-corrected chi connectivity index (χ4v) is 1.93. The second kappa shape index (κ2) is 5.98. The number of amides is 1. The van der Waals surface area contributed by atoms with Gasteiger partial charge in [0.15, 0.2) is 0 Å². The van der Waals surface area contributed by atoms with E-state index in [0.717, 1.165) is 5.01 Å². The molecule has 1 amide bonds. The lowest BCUT2D eigenvalue weighted by Crippen LogP contribution is -2.11. The summed E-state index contributed by atoms with van der Waals surface area (Å²) in [6.45, 7) is 2.03. The molecule has 1 aromatic carbocycles. The van der Waals surface area contributed by atoms with E-state index in [4.69, 9.17) is 11.2 Å². The Morgan fingerprint density at radius 3 is 2.74 bits per heavy atom. The number of anilines is 1. The zero-order chi connectivity index (χ0) is 13.7. The van der Waals surface area contributed by atoms with E-state index >= 15 is 0 Å². The van der Waals surface area contributed by atoms with Gasteiger partial charge in [0.05, 0.1) is 0 Å². The van der Waals surface area contributed by atoms with Crippen LogP contribution in [0.4, 0.5) is 5.13 Å². The number of terminal acetylenes is 1. The average Bonchev–Trinajstić information content (AvgIpc) is 2.82. The summed E-state index contributed by atoms with van der Waals surface area (Å²) in [5, 5.41) is 11.6. The molecule has 0 fully saturated rings. The van der Waals surface area contributed by atoms with Crippen molar-refractivity contribution < 1.29 is 9.53 Å². The number of hydrogen-bond donors (Lipinski definition) is 1. The molecule has 0 spiro atoms. The summed E-state index contributed by atoms with van der Waals surface area (Å²) in [5.74, 6) is 2.76. The van der Waals surface area contributed by atoms with E-state index in [2.05, 4.69) is 21.4 Å². The van der Waals surface area contributed by atoms with Crippen molar-refractivity contribution in [3.63, 3.8) is 0 Å². The van der Waals surface area contributed by atoms with Gasteiger partial charge in [0.25, 0.3) is 5.91 Å². The van der Waals surface area contributed by atoms with Gasteiger partial charge in [-0.3, -0.25) is 10.1 Å². The number of ether oxygens (including phenoxy) is 1. The predicted octanol–water partition coefficient (Wildman–Crippen LogP) is 2.11. The van der Waals surface area contributed by atoms with E-state index in [1.807, 2.05) is 6.92 Å². The van der Waals surface area contributed by atoms with Crippen LogP contribution in [0.2, 0.25) is 0 Å². The molecule has 96 valence electrons. The van der Waals surface area contributed by atoms with Crippen LogP contribution in [0, 0.1) is 19.3 Å². The molecule has 0 unspecified atom stereocenters. The zero-order valence-corrected chi connectivity index (χ0v) is 11.0. The lowest BCUT2D eigenvalue weighted by Gasteiger charge is -2.04. The molecule has 5 nitrogen and oxygen atoms in total. The molecule has 1 N–H and O–H groups in total. The summed E-state index contributed by atoms with van der Waals surface area (Å²) in [4.78, 5) is 11.9. The molecule has 2 aromatic rings. The van der Waals surface area contributed by atoms with Gasteiger partial charge in [-0.25, -0.2) is 0 Å². The molecule has 19 heavy (non-hydrogen) atoms. The Bertz CT molecular complexity index is 614. The Kier molecular flexibility index (Phi) is 4.11. The van der Waals surface area contributed by atoms with Crippen molar-refractivity contribution in [3.8, 4) is 18.1 Å². The molecule has 0 bridgehead atoms. The van der Waals surface area contributed by atoms with Crippen molar-refractivity contribution in [2.24, 2.45) is 0 Å². The zero-order valence-electron chi connectivity index (χ0n) is 10.2. The highest BCUT2D eigenvalue weighted by atomic mass is 32.1. The first kappa shape index (κ1) is 13.1. The normalized spacial score (nSPS) is 9.68. The Labute approximate surface area is 114 Å². The van der Waals surface area contributed by atoms with Crippen molar-refractivity contribution in [3.05, 3.63) is 34.8 Å². The van der Waals surface area contributed by atoms with Crippen LogP contribution in [0.1, 0.15) is 15.4 Å². The van der Waals surface area contributed by atoms with E-state index in [1.54, 1.807) is 24.3 Å². The number of nitrogens with zero attached hydrogens (tertiary/aromatic N) is 2. The number of hydrogen-bond acceptors (Lipinski definition) is 5. The minimum atomic E-state index is -0.236. The molecule has 2 rings (SSSR count). The largest absolute Gasteiger partial charge is 0.481 e. The van der Waals surface area contributed by atoms with Gasteiger partial charge in [0.2, 0.25) is 5.13 Å². The van der Waals surface area contributed by atoms with Crippen LogP contribution >= 0.6 is 11.3 Å². The second-order valence-electron chi connectivity index (χ2n) is 3.60. The summed E-state index contributed by atoms with van der Waals surface area (Å²) in [6, 6.07) is 6.71. The number of aromatic nitrogens is 2. The molecule has 1 aromatic heterocycles. The molecular weight excluding hydrogens is 262 g/mol. The van der Waals surface area contributed by atoms with Gasteiger partial charge in [-0.15, -0.1) is 16.6 Å². The molecule has 0 saturated carbocycles. The van der Waals surface area contributed by atoms with Crippen LogP contribution < -0.4 is 10.1 Å². The maximum Gasteiger partial charge on any atom is 0.257 e. The molecule has 0 atom stereocenters. The van der Waals surface area contributed by atoms with E-state index < -0.39 is 0 Å². The standard InChI is InChI=1S/C13H11N3O2S/c1-3-8-18-11-6-4-10(5-7-11)12(17)14-13-16-15-9(2)19-13/h1,4-7H,8H2,2H3,(H,14,16,17). The SMILES string of the molecule is C#CCOc1ccc(C(=O)Nc2nnc(C)s2)cc1. The maximum atomic E-state index is 11.9. The summed E-state index contributed by atoms with van der Waals surface area (Å²) in [7, 11) is 0. The average molecular weight is 273 g/mol. The first-order chi connectivity index (χ1) is 9.19. The molecule has 0 aliphatic rings. The fourth-order valence-electron chi connectivity index (χ4n) is 1.34. The second-order valence-corrected chi connectivity index (χ2v) is 4.78. The van der Waals surface area contributed by atoms with Crippen LogP contribution in [-0.4, -0.2) is 22.7 Å². The third kappa shape index (κ3) is 3.53. The van der Waals surface area contributed by atoms with Gasteiger partial charge in [-0.2, -0.15) is 0 Å². The van der Waals surface area contributed by atoms with Crippen molar-refractivity contribution in [1.82, 2.24) is 10.2 Å². The number of carbonyl (C=O) groups is 1. The van der Waals surface area contributed by atoms with E-state index in [-0.39, 0.29) is 12.5 Å². The maximum absolute atomic E-state index is 11.9. The van der Waals surface area contributed by atoms with Gasteiger partial charge in [-0.1, -0.05) is 17.3 Å². The van der Waals surface area contributed by atoms with Gasteiger partial charge in [0.1, 0.15) is 17.4 Å². The van der Waals surface area contributed by atoms with Crippen LogP contribution in [0.15, 0.2) is 24.3 Å². The van der Waals surface area contributed by atoms with Crippen LogP contribution in [0.3, 0.4) is 0 Å². The number of nitrogens with one attached hydrogen (secondary N) is 1. The molecule has 0 aliphatic heterocycles. The van der Waals surface area contributed by atoms with Crippen molar-refractivity contribution in [1.29, 1.82) is 0 Å². The summed E-state index contributed by atoms with van der Waals surface area (Å²) in [6.07, 6.45) is 5.09. The third-order valence-electron chi connectivity index (χ3n) is 2.19. The molecule has 0 radical (unpaired) electrons. The first-order valence-electron chi connectivity index (χ1n) is 5.47. The Hall–Kier alpha value is -2.39. The monoisotopic (exact) mass is 273 g/mol. The summed E-state index contributed by atoms with van der Waals surface area (Å²) < 4.78 is 5.22. The van der Waals surface area contributed by atoms with Crippen molar-refractivity contribution >= 4 is 22.4 Å². The quantitative estimate of drug-likeness (QED) is 0.867. The molecule has 0 saturated heterocycles. The van der Waals surface area contributed by atoms with E-state index in [0.29, 0.717) is 16.4 Å². The topological polar surface area (TPSA) is 64.1 Å². The number of benzene rings is 1. The number of rotatable bonds is 4. The number of carbonyl (C=O) groups excluding carboxylic acids is 1. The number of aryl methyl sites for hydroxylation is 1. The van der Waals surface area contributed by atoms with Gasteiger partial charge < -0.3 is 4.74 Å². The Morgan fingerprint density at radius 2 is 2.16 bits per heavy atom. The highest BCUT2D eigenvalue weighted by Gasteiger charge is 2.08. The molecule has 0 aliphatic carbocycles. The highest BCUT2D eigenvalue weighted by Crippen LogP contribution is 2.16. The summed E-state index contributed by atoms with van der Waals surface area (Å²) in [5.41, 5.74) is 0.515. The minimum Gasteiger partial charge on any atom is -0.481 e. The lowest BCUT2D eigenvalue weighted by atomic mass is 10.2. The van der Waals surface area contributed by atoms with Crippen LogP contribution in [0.5, 0.6) is 5.75 Å². The summed E-state index contributed by atoms with van der Waals surface area (Å²) >= 11 is 1.32. The van der Waals surface area contributed by atoms with Crippen LogP contribution in [-0.2, 0) is 0 Å². The third-order valence-corrected chi connectivity index (χ3v) is 2.94.